The number of carbonyl (C=O) groups is 1. The number of anilines is 1. The molecule has 3 rings (SSSR count). The van der Waals surface area contributed by atoms with Crippen LogP contribution in [-0.4, -0.2) is 74.6 Å². The number of amides is 1. The molecule has 1 aliphatic carbocycles. The number of halogens is 2. The standard InChI is InChI=1S/C22H32BrClN4O3/c1-27(8-3-4-9-30-2)18-12-15(11-17(24)20(18)21(23)25)14-28(16-5-6-16)22(29)19-13-26-7-10-31-19/h11-12,16,19,25-26H,3-10,13-14H2,1-2H3. The van der Waals surface area contributed by atoms with Crippen LogP contribution in [-0.2, 0) is 20.8 Å². The van der Waals surface area contributed by atoms with E-state index in [-0.39, 0.29) is 16.6 Å². The van der Waals surface area contributed by atoms with Crippen LogP contribution in [0.25, 0.3) is 0 Å². The normalized spacial score (nSPS) is 18.6. The molecule has 31 heavy (non-hydrogen) atoms. The first-order chi connectivity index (χ1) is 14.9. The lowest BCUT2D eigenvalue weighted by Gasteiger charge is -2.31. The van der Waals surface area contributed by atoms with Crippen molar-refractivity contribution in [1.82, 2.24) is 10.2 Å². The van der Waals surface area contributed by atoms with Gasteiger partial charge in [-0.1, -0.05) is 11.6 Å². The molecule has 1 aromatic rings. The summed E-state index contributed by atoms with van der Waals surface area (Å²) in [7, 11) is 3.71. The molecule has 1 heterocycles. The number of rotatable bonds is 11. The van der Waals surface area contributed by atoms with Gasteiger partial charge in [0.1, 0.15) is 10.7 Å². The van der Waals surface area contributed by atoms with E-state index >= 15 is 0 Å². The molecule has 2 aliphatic rings. The van der Waals surface area contributed by atoms with E-state index in [0.29, 0.717) is 30.3 Å². The van der Waals surface area contributed by atoms with Gasteiger partial charge in [0.15, 0.2) is 0 Å². The minimum Gasteiger partial charge on any atom is -0.385 e. The van der Waals surface area contributed by atoms with E-state index in [1.165, 1.54) is 0 Å². The van der Waals surface area contributed by atoms with Crippen molar-refractivity contribution in [2.45, 2.75) is 44.4 Å². The van der Waals surface area contributed by atoms with Gasteiger partial charge in [0, 0.05) is 64.2 Å². The molecule has 9 heteroatoms. The summed E-state index contributed by atoms with van der Waals surface area (Å²) in [6.45, 7) is 3.93. The van der Waals surface area contributed by atoms with E-state index in [1.54, 1.807) is 7.11 Å². The molecule has 0 bridgehead atoms. The van der Waals surface area contributed by atoms with Gasteiger partial charge in [-0.25, -0.2) is 0 Å². The van der Waals surface area contributed by atoms with Gasteiger partial charge in [-0.15, -0.1) is 0 Å². The van der Waals surface area contributed by atoms with Crippen LogP contribution in [0.2, 0.25) is 5.02 Å². The molecular weight excluding hydrogens is 484 g/mol. The van der Waals surface area contributed by atoms with E-state index in [2.05, 4.69) is 32.2 Å². The number of carbonyl (C=O) groups excluding carboxylic acids is 1. The number of ether oxygens (including phenoxy) is 2. The van der Waals surface area contributed by atoms with Gasteiger partial charge in [-0.3, -0.25) is 10.2 Å². The fraction of sp³-hybridized carbons (Fsp3) is 0.636. The first-order valence-electron chi connectivity index (χ1n) is 10.8. The monoisotopic (exact) mass is 514 g/mol. The second-order valence-electron chi connectivity index (χ2n) is 8.17. The Kier molecular flexibility index (Phi) is 9.16. The highest BCUT2D eigenvalue weighted by Gasteiger charge is 2.37. The Labute approximate surface area is 198 Å². The Morgan fingerprint density at radius 3 is 2.77 bits per heavy atom. The molecule has 0 spiro atoms. The zero-order valence-electron chi connectivity index (χ0n) is 18.3. The highest BCUT2D eigenvalue weighted by molar-refractivity contribution is 9.18. The average Bonchev–Trinajstić information content (AvgIpc) is 3.59. The van der Waals surface area contributed by atoms with Gasteiger partial charge in [-0.05, 0) is 59.3 Å². The van der Waals surface area contributed by atoms with Crippen molar-refractivity contribution >= 4 is 43.7 Å². The number of hydrogen-bond donors (Lipinski definition) is 2. The van der Waals surface area contributed by atoms with Crippen LogP contribution in [0.4, 0.5) is 5.69 Å². The largest absolute Gasteiger partial charge is 0.385 e. The van der Waals surface area contributed by atoms with Crippen molar-refractivity contribution in [3.63, 3.8) is 0 Å². The summed E-state index contributed by atoms with van der Waals surface area (Å²) in [4.78, 5) is 17.2. The number of benzene rings is 1. The second-order valence-corrected chi connectivity index (χ2v) is 9.37. The second kappa shape index (κ2) is 11.6. The highest BCUT2D eigenvalue weighted by Crippen LogP contribution is 2.34. The molecule has 0 radical (unpaired) electrons. The van der Waals surface area contributed by atoms with Gasteiger partial charge in [0.25, 0.3) is 5.91 Å². The van der Waals surface area contributed by atoms with Gasteiger partial charge < -0.3 is 24.6 Å². The van der Waals surface area contributed by atoms with Crippen molar-refractivity contribution in [1.29, 1.82) is 5.41 Å². The summed E-state index contributed by atoms with van der Waals surface area (Å²) >= 11 is 9.90. The Bertz CT molecular complexity index is 784. The molecule has 172 valence electrons. The summed E-state index contributed by atoms with van der Waals surface area (Å²) in [6.07, 6.45) is 3.56. The SMILES string of the molecule is COCCCCN(C)c1cc(CN(C(=O)C2CNCCO2)C2CC2)cc(Cl)c1C(=N)Br. The Morgan fingerprint density at radius 1 is 1.39 bits per heavy atom. The Hall–Kier alpha value is -1.19. The molecule has 1 amide bonds. The fourth-order valence-electron chi connectivity index (χ4n) is 3.85. The maximum Gasteiger partial charge on any atom is 0.253 e. The maximum absolute atomic E-state index is 13.1. The van der Waals surface area contributed by atoms with Gasteiger partial charge in [-0.2, -0.15) is 0 Å². The Morgan fingerprint density at radius 2 is 2.16 bits per heavy atom. The number of nitrogens with zero attached hydrogens (tertiary/aromatic N) is 2. The van der Waals surface area contributed by atoms with Crippen molar-refractivity contribution in [3.05, 3.63) is 28.3 Å². The summed E-state index contributed by atoms with van der Waals surface area (Å²) in [5.41, 5.74) is 2.52. The lowest BCUT2D eigenvalue weighted by Crippen LogP contribution is -2.49. The van der Waals surface area contributed by atoms with Crippen LogP contribution in [0, 0.1) is 5.41 Å². The van der Waals surface area contributed by atoms with Crippen LogP contribution < -0.4 is 10.2 Å². The minimum atomic E-state index is -0.428. The predicted octanol–water partition coefficient (Wildman–Crippen LogP) is 3.40. The topological polar surface area (TPSA) is 77.9 Å². The van der Waals surface area contributed by atoms with E-state index < -0.39 is 6.10 Å². The molecule has 0 aromatic heterocycles. The average molecular weight is 516 g/mol. The fourth-order valence-corrected chi connectivity index (χ4v) is 4.71. The molecule has 1 unspecified atom stereocenters. The van der Waals surface area contributed by atoms with Crippen LogP contribution in [0.3, 0.4) is 0 Å². The van der Waals surface area contributed by atoms with E-state index in [1.807, 2.05) is 18.0 Å². The van der Waals surface area contributed by atoms with Gasteiger partial charge >= 0.3 is 0 Å². The summed E-state index contributed by atoms with van der Waals surface area (Å²) in [5, 5.41) is 11.9. The summed E-state index contributed by atoms with van der Waals surface area (Å²) in [6, 6.07) is 4.19. The molecular formula is C22H32BrClN4O3. The molecule has 2 fully saturated rings. The number of morpholine rings is 1. The predicted molar refractivity (Wildman–Crippen MR) is 128 cm³/mol. The summed E-state index contributed by atoms with van der Waals surface area (Å²) in [5.74, 6) is 0.0394. The molecule has 2 N–H and O–H groups in total. The summed E-state index contributed by atoms with van der Waals surface area (Å²) < 4.78 is 11.1. The van der Waals surface area contributed by atoms with Crippen LogP contribution in [0.15, 0.2) is 12.1 Å². The number of nitrogens with one attached hydrogen (secondary N) is 2. The third-order valence-corrected chi connectivity index (χ3v) is 6.37. The van der Waals surface area contributed by atoms with Gasteiger partial charge in [0.05, 0.1) is 11.6 Å². The third kappa shape index (κ3) is 6.65. The van der Waals surface area contributed by atoms with Crippen LogP contribution in [0.5, 0.6) is 0 Å². The zero-order valence-corrected chi connectivity index (χ0v) is 20.6. The zero-order chi connectivity index (χ0) is 22.4. The molecule has 7 nitrogen and oxygen atoms in total. The van der Waals surface area contributed by atoms with Crippen molar-refractivity contribution in [2.24, 2.45) is 0 Å². The van der Waals surface area contributed by atoms with Crippen LogP contribution in [0.1, 0.15) is 36.8 Å². The smallest absolute Gasteiger partial charge is 0.253 e. The minimum absolute atomic E-state index is 0.0394. The van der Waals surface area contributed by atoms with Gasteiger partial charge in [0.2, 0.25) is 0 Å². The maximum atomic E-state index is 13.1. The van der Waals surface area contributed by atoms with E-state index in [9.17, 15) is 4.79 Å². The molecule has 1 saturated carbocycles. The third-order valence-electron chi connectivity index (χ3n) is 5.68. The number of methoxy groups -OCH3 is 1. The molecule has 1 atom stereocenters. The van der Waals surface area contributed by atoms with E-state index in [4.69, 9.17) is 26.5 Å². The lowest BCUT2D eigenvalue weighted by atomic mass is 10.1. The quantitative estimate of drug-likeness (QED) is 0.349. The van der Waals surface area contributed by atoms with Crippen LogP contribution >= 0.6 is 27.5 Å². The van der Waals surface area contributed by atoms with Crippen molar-refractivity contribution in [3.8, 4) is 0 Å². The van der Waals surface area contributed by atoms with Crippen molar-refractivity contribution in [2.75, 3.05) is 51.9 Å². The number of unbranched alkanes of at least 4 members (excludes halogenated alkanes) is 1. The molecule has 1 aromatic carbocycles. The first-order valence-corrected chi connectivity index (χ1v) is 12.0. The molecule has 1 aliphatic heterocycles. The van der Waals surface area contributed by atoms with E-state index in [0.717, 1.165) is 56.6 Å². The first kappa shape index (κ1) is 24.5. The van der Waals surface area contributed by atoms with Crippen molar-refractivity contribution < 1.29 is 14.3 Å². The number of hydrogen-bond acceptors (Lipinski definition) is 6. The lowest BCUT2D eigenvalue weighted by molar-refractivity contribution is -0.146. The Balaban J connectivity index is 1.80. The molecule has 1 saturated heterocycles. The highest BCUT2D eigenvalue weighted by atomic mass is 79.9.